The third kappa shape index (κ3) is 3.95. The Morgan fingerprint density at radius 3 is 2.58 bits per heavy atom. The van der Waals surface area contributed by atoms with Crippen LogP contribution < -0.4 is 5.32 Å². The average molecular weight is 338 g/mol. The predicted molar refractivity (Wildman–Crippen MR) is 87.9 cm³/mol. The topological polar surface area (TPSA) is 41.1 Å². The largest absolute Gasteiger partial charge is 0.451 e. The number of alkyl halides is 3. The van der Waals surface area contributed by atoms with Crippen molar-refractivity contribution in [1.29, 1.82) is 0 Å². The van der Waals surface area contributed by atoms with Crippen LogP contribution in [0.2, 0.25) is 0 Å². The first-order valence-electron chi connectivity index (χ1n) is 8.23. The van der Waals surface area contributed by atoms with Crippen LogP contribution in [0.3, 0.4) is 0 Å². The van der Waals surface area contributed by atoms with Crippen molar-refractivity contribution in [2.75, 3.05) is 31.5 Å². The first-order valence-corrected chi connectivity index (χ1v) is 8.23. The maximum atomic E-state index is 13.0. The van der Waals surface area contributed by atoms with Crippen LogP contribution in [0.5, 0.6) is 0 Å². The van der Waals surface area contributed by atoms with E-state index >= 15 is 0 Å². The standard InChI is InChI=1S/C17H21F3N4/c1-12(11-24-8-4-5-9-24)10-21-15-13-6-2-3-7-14(13)22-16(23-15)17(18,19)20/h2-3,6-7,12H,4-5,8-11H2,1H3,(H,21,22,23)/t12-/m1/s1. The summed E-state index contributed by atoms with van der Waals surface area (Å²) >= 11 is 0. The maximum Gasteiger partial charge on any atom is 0.451 e. The number of aromatic nitrogens is 2. The molecule has 0 bridgehead atoms. The molecule has 0 spiro atoms. The molecule has 0 aliphatic carbocycles. The molecule has 4 nitrogen and oxygen atoms in total. The smallest absolute Gasteiger partial charge is 0.369 e. The molecule has 1 fully saturated rings. The zero-order valence-corrected chi connectivity index (χ0v) is 13.6. The Morgan fingerprint density at radius 1 is 1.17 bits per heavy atom. The van der Waals surface area contributed by atoms with Gasteiger partial charge in [-0.25, -0.2) is 9.97 Å². The average Bonchev–Trinajstić information content (AvgIpc) is 3.04. The highest BCUT2D eigenvalue weighted by Crippen LogP contribution is 2.30. The Hall–Kier alpha value is -1.89. The van der Waals surface area contributed by atoms with Crippen molar-refractivity contribution in [2.24, 2.45) is 5.92 Å². The lowest BCUT2D eigenvalue weighted by Crippen LogP contribution is -2.29. The summed E-state index contributed by atoms with van der Waals surface area (Å²) in [5, 5.41) is 3.71. The Kier molecular flexibility index (Phi) is 4.89. The number of hydrogen-bond donors (Lipinski definition) is 1. The quantitative estimate of drug-likeness (QED) is 0.900. The Bertz CT molecular complexity index is 696. The number of nitrogens with one attached hydrogen (secondary N) is 1. The van der Waals surface area contributed by atoms with Gasteiger partial charge in [0.1, 0.15) is 5.82 Å². The fourth-order valence-corrected chi connectivity index (χ4v) is 3.08. The molecule has 0 amide bonds. The number of hydrogen-bond acceptors (Lipinski definition) is 4. The van der Waals surface area contributed by atoms with E-state index in [-0.39, 0.29) is 5.82 Å². The molecule has 1 N–H and O–H groups in total. The predicted octanol–water partition coefficient (Wildman–Crippen LogP) is 3.79. The summed E-state index contributed by atoms with van der Waals surface area (Å²) in [5.74, 6) is -0.525. The number of likely N-dealkylation sites (tertiary alicyclic amines) is 1. The highest BCUT2D eigenvalue weighted by molar-refractivity contribution is 5.89. The van der Waals surface area contributed by atoms with Crippen molar-refractivity contribution in [3.05, 3.63) is 30.1 Å². The van der Waals surface area contributed by atoms with Crippen molar-refractivity contribution >= 4 is 16.7 Å². The minimum atomic E-state index is -4.55. The molecular weight excluding hydrogens is 317 g/mol. The van der Waals surface area contributed by atoms with Crippen molar-refractivity contribution in [1.82, 2.24) is 14.9 Å². The fourth-order valence-electron chi connectivity index (χ4n) is 3.08. The second-order valence-electron chi connectivity index (χ2n) is 6.40. The van der Waals surface area contributed by atoms with Crippen molar-refractivity contribution in [3.8, 4) is 0 Å². The van der Waals surface area contributed by atoms with Gasteiger partial charge in [-0.05, 0) is 44.0 Å². The van der Waals surface area contributed by atoms with Crippen LogP contribution in [0.15, 0.2) is 24.3 Å². The van der Waals surface area contributed by atoms with Gasteiger partial charge in [-0.3, -0.25) is 0 Å². The third-order valence-electron chi connectivity index (χ3n) is 4.24. The van der Waals surface area contributed by atoms with Crippen LogP contribution in [-0.2, 0) is 6.18 Å². The molecule has 130 valence electrons. The van der Waals surface area contributed by atoms with Crippen LogP contribution in [0.25, 0.3) is 10.9 Å². The zero-order chi connectivity index (χ0) is 17.2. The molecule has 3 rings (SSSR count). The van der Waals surface area contributed by atoms with Gasteiger partial charge in [-0.2, -0.15) is 13.2 Å². The maximum absolute atomic E-state index is 13.0. The number of rotatable bonds is 5. The molecule has 1 aromatic carbocycles. The number of fused-ring (bicyclic) bond motifs is 1. The minimum absolute atomic E-state index is 0.251. The minimum Gasteiger partial charge on any atom is -0.369 e. The summed E-state index contributed by atoms with van der Waals surface area (Å²) in [4.78, 5) is 9.74. The van der Waals surface area contributed by atoms with Gasteiger partial charge in [0.2, 0.25) is 5.82 Å². The zero-order valence-electron chi connectivity index (χ0n) is 13.6. The van der Waals surface area contributed by atoms with Gasteiger partial charge < -0.3 is 10.2 Å². The van der Waals surface area contributed by atoms with Crippen molar-refractivity contribution in [3.63, 3.8) is 0 Å². The molecule has 2 aromatic rings. The van der Waals surface area contributed by atoms with E-state index in [0.29, 0.717) is 23.4 Å². The van der Waals surface area contributed by atoms with Gasteiger partial charge in [0.05, 0.1) is 5.52 Å². The first-order chi connectivity index (χ1) is 11.4. The summed E-state index contributed by atoms with van der Waals surface area (Å²) in [7, 11) is 0. The molecule has 1 atom stereocenters. The monoisotopic (exact) mass is 338 g/mol. The lowest BCUT2D eigenvalue weighted by Gasteiger charge is -2.21. The van der Waals surface area contributed by atoms with Gasteiger partial charge >= 0.3 is 6.18 Å². The fraction of sp³-hybridized carbons (Fsp3) is 0.529. The summed E-state index contributed by atoms with van der Waals surface area (Å²) in [5.41, 5.74) is 0.300. The molecule has 2 heterocycles. The van der Waals surface area contributed by atoms with E-state index in [1.165, 1.54) is 12.8 Å². The Morgan fingerprint density at radius 2 is 1.88 bits per heavy atom. The lowest BCUT2D eigenvalue weighted by atomic mass is 10.1. The molecular formula is C17H21F3N4. The second-order valence-corrected chi connectivity index (χ2v) is 6.40. The van der Waals surface area contributed by atoms with E-state index in [1.54, 1.807) is 24.3 Å². The van der Waals surface area contributed by atoms with E-state index in [1.807, 2.05) is 0 Å². The van der Waals surface area contributed by atoms with Crippen LogP contribution >= 0.6 is 0 Å². The summed E-state index contributed by atoms with van der Waals surface area (Å²) in [6.45, 7) is 5.84. The van der Waals surface area contributed by atoms with Gasteiger partial charge in [0.15, 0.2) is 0 Å². The number of nitrogens with zero attached hydrogens (tertiary/aromatic N) is 3. The van der Waals surface area contributed by atoms with Gasteiger partial charge in [0, 0.05) is 18.5 Å². The molecule has 0 radical (unpaired) electrons. The van der Waals surface area contributed by atoms with Crippen LogP contribution in [-0.4, -0.2) is 41.0 Å². The molecule has 24 heavy (non-hydrogen) atoms. The van der Waals surface area contributed by atoms with Crippen molar-refractivity contribution < 1.29 is 13.2 Å². The molecule has 7 heteroatoms. The highest BCUT2D eigenvalue weighted by atomic mass is 19.4. The van der Waals surface area contributed by atoms with Crippen LogP contribution in [0, 0.1) is 5.92 Å². The number of para-hydroxylation sites is 1. The SMILES string of the molecule is C[C@H](CNc1nc(C(F)(F)F)nc2ccccc12)CN1CCCC1. The second kappa shape index (κ2) is 6.93. The Balaban J connectivity index is 1.77. The van der Waals surface area contributed by atoms with E-state index in [4.69, 9.17) is 0 Å². The molecule has 0 unspecified atom stereocenters. The lowest BCUT2D eigenvalue weighted by molar-refractivity contribution is -0.144. The van der Waals surface area contributed by atoms with Gasteiger partial charge in [0.25, 0.3) is 0 Å². The molecule has 1 aliphatic rings. The first kappa shape index (κ1) is 17.0. The summed E-state index contributed by atoms with van der Waals surface area (Å²) in [6, 6.07) is 6.76. The molecule has 0 saturated carbocycles. The molecule has 1 aromatic heterocycles. The highest BCUT2D eigenvalue weighted by Gasteiger charge is 2.35. The number of benzene rings is 1. The van der Waals surface area contributed by atoms with E-state index in [0.717, 1.165) is 19.6 Å². The summed E-state index contributed by atoms with van der Waals surface area (Å²) in [6.07, 6.45) is -2.10. The molecule has 1 saturated heterocycles. The molecule has 1 aliphatic heterocycles. The summed E-state index contributed by atoms with van der Waals surface area (Å²) < 4.78 is 39.0. The van der Waals surface area contributed by atoms with Crippen LogP contribution in [0.1, 0.15) is 25.6 Å². The van der Waals surface area contributed by atoms with Crippen molar-refractivity contribution in [2.45, 2.75) is 25.9 Å². The number of halogens is 3. The normalized spacial score (nSPS) is 17.3. The number of anilines is 1. The van der Waals surface area contributed by atoms with Crippen LogP contribution in [0.4, 0.5) is 19.0 Å². The van der Waals surface area contributed by atoms with Gasteiger partial charge in [-0.15, -0.1) is 0 Å². The van der Waals surface area contributed by atoms with E-state index < -0.39 is 12.0 Å². The Labute approximate surface area is 139 Å². The van der Waals surface area contributed by atoms with E-state index in [2.05, 4.69) is 27.1 Å². The third-order valence-corrected chi connectivity index (χ3v) is 4.24. The van der Waals surface area contributed by atoms with E-state index in [9.17, 15) is 13.2 Å². The van der Waals surface area contributed by atoms with Gasteiger partial charge in [-0.1, -0.05) is 19.1 Å².